The average molecular weight is 205 g/mol. The van der Waals surface area contributed by atoms with Gasteiger partial charge in [0, 0.05) is 17.2 Å². The summed E-state index contributed by atoms with van der Waals surface area (Å²) >= 11 is 0. The Morgan fingerprint density at radius 2 is 1.80 bits per heavy atom. The first-order valence-corrected chi connectivity index (χ1v) is 5.61. The smallest absolute Gasteiger partial charge is 0.231 e. The molecule has 1 amide bonds. The summed E-state index contributed by atoms with van der Waals surface area (Å²) in [6.45, 7) is 10.3. The van der Waals surface area contributed by atoms with Crippen LogP contribution in [0.4, 0.5) is 0 Å². The second-order valence-corrected chi connectivity index (χ2v) is 5.49. The average Bonchev–Trinajstić information content (AvgIpc) is 2.39. The lowest BCUT2D eigenvalue weighted by molar-refractivity contribution is -0.133. The Labute approximate surface area is 91.6 Å². The number of rotatable bonds is 0. The predicted molar refractivity (Wildman–Crippen MR) is 61.1 cm³/mol. The van der Waals surface area contributed by atoms with Gasteiger partial charge in [-0.05, 0) is 33.6 Å². The molecule has 1 aliphatic heterocycles. The Morgan fingerprint density at radius 3 is 2.27 bits per heavy atom. The SMILES string of the molecule is C=C1C2CC=CCC2C(=O)N1C(C)(C)C. The summed E-state index contributed by atoms with van der Waals surface area (Å²) in [5.74, 6) is 0.769. The van der Waals surface area contributed by atoms with Crippen molar-refractivity contribution < 1.29 is 4.79 Å². The minimum Gasteiger partial charge on any atom is -0.311 e. The summed E-state index contributed by atoms with van der Waals surface area (Å²) in [5, 5.41) is 0. The van der Waals surface area contributed by atoms with E-state index in [4.69, 9.17) is 0 Å². The monoisotopic (exact) mass is 205 g/mol. The van der Waals surface area contributed by atoms with Crippen molar-refractivity contribution >= 4 is 5.91 Å². The van der Waals surface area contributed by atoms with Gasteiger partial charge in [0.25, 0.3) is 0 Å². The minimum absolute atomic E-state index is 0.133. The number of fused-ring (bicyclic) bond motifs is 1. The van der Waals surface area contributed by atoms with Gasteiger partial charge in [0.2, 0.25) is 5.91 Å². The molecule has 15 heavy (non-hydrogen) atoms. The number of hydrogen-bond acceptors (Lipinski definition) is 1. The van der Waals surface area contributed by atoms with Gasteiger partial charge in [-0.2, -0.15) is 0 Å². The molecule has 0 saturated carbocycles. The zero-order chi connectivity index (χ0) is 11.2. The molecule has 0 N–H and O–H groups in total. The molecule has 0 bridgehead atoms. The second kappa shape index (κ2) is 3.22. The third-order valence-corrected chi connectivity index (χ3v) is 3.36. The van der Waals surface area contributed by atoms with Crippen LogP contribution in [0.2, 0.25) is 0 Å². The van der Waals surface area contributed by atoms with Gasteiger partial charge in [-0.15, -0.1) is 0 Å². The van der Waals surface area contributed by atoms with E-state index in [9.17, 15) is 4.79 Å². The molecule has 1 fully saturated rings. The van der Waals surface area contributed by atoms with Gasteiger partial charge < -0.3 is 4.90 Å². The van der Waals surface area contributed by atoms with E-state index in [1.54, 1.807) is 0 Å². The van der Waals surface area contributed by atoms with E-state index in [2.05, 4.69) is 39.5 Å². The molecule has 2 atom stereocenters. The standard InChI is InChI=1S/C13H19NO/c1-9-10-7-5-6-8-11(10)12(15)14(9)13(2,3)4/h5-6,10-11H,1,7-8H2,2-4H3. The molecule has 0 aromatic rings. The van der Waals surface area contributed by atoms with E-state index in [0.29, 0.717) is 5.92 Å². The van der Waals surface area contributed by atoms with Crippen molar-refractivity contribution in [2.45, 2.75) is 39.2 Å². The molecule has 0 spiro atoms. The van der Waals surface area contributed by atoms with Crippen molar-refractivity contribution in [3.05, 3.63) is 24.4 Å². The van der Waals surface area contributed by atoms with Crippen LogP contribution in [0.25, 0.3) is 0 Å². The lowest BCUT2D eigenvalue weighted by Gasteiger charge is -2.33. The Bertz CT molecular complexity index is 309. The zero-order valence-electron chi connectivity index (χ0n) is 9.79. The molecular weight excluding hydrogens is 186 g/mol. The van der Waals surface area contributed by atoms with Crippen LogP contribution >= 0.6 is 0 Å². The van der Waals surface area contributed by atoms with E-state index in [1.807, 2.05) is 4.90 Å². The van der Waals surface area contributed by atoms with Crippen LogP contribution in [0.3, 0.4) is 0 Å². The van der Waals surface area contributed by atoms with Gasteiger partial charge in [0.1, 0.15) is 0 Å². The van der Waals surface area contributed by atoms with Crippen LogP contribution in [0.1, 0.15) is 33.6 Å². The number of nitrogens with zero attached hydrogens (tertiary/aromatic N) is 1. The fourth-order valence-corrected chi connectivity index (χ4v) is 2.69. The van der Waals surface area contributed by atoms with Crippen molar-refractivity contribution in [1.82, 2.24) is 4.90 Å². The number of carbonyl (C=O) groups is 1. The van der Waals surface area contributed by atoms with E-state index in [-0.39, 0.29) is 17.4 Å². The first-order chi connectivity index (χ1) is 6.93. The number of allylic oxidation sites excluding steroid dienone is 3. The van der Waals surface area contributed by atoms with E-state index in [1.165, 1.54) is 0 Å². The minimum atomic E-state index is -0.133. The Hall–Kier alpha value is -1.05. The normalized spacial score (nSPS) is 31.0. The second-order valence-electron chi connectivity index (χ2n) is 5.49. The summed E-state index contributed by atoms with van der Waals surface area (Å²) in [6, 6.07) is 0. The van der Waals surface area contributed by atoms with Crippen LogP contribution in [-0.2, 0) is 4.79 Å². The van der Waals surface area contributed by atoms with E-state index in [0.717, 1.165) is 18.5 Å². The number of likely N-dealkylation sites (tertiary alicyclic amines) is 1. The van der Waals surface area contributed by atoms with Gasteiger partial charge in [-0.1, -0.05) is 18.7 Å². The van der Waals surface area contributed by atoms with Gasteiger partial charge in [0.15, 0.2) is 0 Å². The van der Waals surface area contributed by atoms with Crippen LogP contribution in [-0.4, -0.2) is 16.3 Å². The molecule has 1 aliphatic carbocycles. The molecule has 0 radical (unpaired) electrons. The Balaban J connectivity index is 2.33. The van der Waals surface area contributed by atoms with Crippen molar-refractivity contribution in [3.63, 3.8) is 0 Å². The van der Waals surface area contributed by atoms with Crippen molar-refractivity contribution in [3.8, 4) is 0 Å². The topological polar surface area (TPSA) is 20.3 Å². The van der Waals surface area contributed by atoms with Crippen molar-refractivity contribution in [1.29, 1.82) is 0 Å². The summed E-state index contributed by atoms with van der Waals surface area (Å²) in [4.78, 5) is 14.1. The quantitative estimate of drug-likeness (QED) is 0.557. The molecule has 0 aromatic carbocycles. The van der Waals surface area contributed by atoms with Gasteiger partial charge in [-0.3, -0.25) is 4.79 Å². The molecule has 82 valence electrons. The van der Waals surface area contributed by atoms with Gasteiger partial charge in [-0.25, -0.2) is 0 Å². The number of hydrogen-bond donors (Lipinski definition) is 0. The highest BCUT2D eigenvalue weighted by atomic mass is 16.2. The van der Waals surface area contributed by atoms with Crippen LogP contribution in [0.5, 0.6) is 0 Å². The lowest BCUT2D eigenvalue weighted by atomic mass is 9.84. The van der Waals surface area contributed by atoms with E-state index < -0.39 is 0 Å². The van der Waals surface area contributed by atoms with Gasteiger partial charge in [0.05, 0.1) is 5.92 Å². The molecular formula is C13H19NO. The summed E-state index contributed by atoms with van der Waals surface area (Å²) in [5.41, 5.74) is 0.882. The molecule has 1 heterocycles. The maximum Gasteiger partial charge on any atom is 0.231 e. The van der Waals surface area contributed by atoms with E-state index >= 15 is 0 Å². The number of carbonyl (C=O) groups excluding carboxylic acids is 1. The zero-order valence-corrected chi connectivity index (χ0v) is 9.79. The summed E-state index contributed by atoms with van der Waals surface area (Å²) in [7, 11) is 0. The van der Waals surface area contributed by atoms with Crippen molar-refractivity contribution in [2.75, 3.05) is 0 Å². The fraction of sp³-hybridized carbons (Fsp3) is 0.615. The van der Waals surface area contributed by atoms with Crippen molar-refractivity contribution in [2.24, 2.45) is 11.8 Å². The van der Waals surface area contributed by atoms with Gasteiger partial charge >= 0.3 is 0 Å². The Morgan fingerprint density at radius 1 is 1.27 bits per heavy atom. The molecule has 2 rings (SSSR count). The lowest BCUT2D eigenvalue weighted by Crippen LogP contribution is -2.41. The summed E-state index contributed by atoms with van der Waals surface area (Å²) < 4.78 is 0. The largest absolute Gasteiger partial charge is 0.311 e. The van der Waals surface area contributed by atoms with Crippen LogP contribution in [0, 0.1) is 11.8 Å². The summed E-state index contributed by atoms with van der Waals surface area (Å²) in [6.07, 6.45) is 6.15. The highest BCUT2D eigenvalue weighted by molar-refractivity contribution is 5.85. The molecule has 2 nitrogen and oxygen atoms in total. The highest BCUT2D eigenvalue weighted by Crippen LogP contribution is 2.43. The Kier molecular flexibility index (Phi) is 2.25. The molecule has 1 saturated heterocycles. The predicted octanol–water partition coefficient (Wildman–Crippen LogP) is 2.72. The molecule has 2 unspecified atom stereocenters. The maximum absolute atomic E-state index is 12.2. The van der Waals surface area contributed by atoms with Crippen LogP contribution in [0.15, 0.2) is 24.4 Å². The highest BCUT2D eigenvalue weighted by Gasteiger charge is 2.46. The third-order valence-electron chi connectivity index (χ3n) is 3.36. The maximum atomic E-state index is 12.2. The number of amides is 1. The van der Waals surface area contributed by atoms with Crippen LogP contribution < -0.4 is 0 Å². The first kappa shape index (κ1) is 10.5. The molecule has 2 heteroatoms. The first-order valence-electron chi connectivity index (χ1n) is 5.61. The fourth-order valence-electron chi connectivity index (χ4n) is 2.69. The molecule has 2 aliphatic rings. The third kappa shape index (κ3) is 1.52. The molecule has 0 aromatic heterocycles.